The van der Waals surface area contributed by atoms with Gasteiger partial charge in [-0.2, -0.15) is 4.31 Å². The molecule has 2 fully saturated rings. The summed E-state index contributed by atoms with van der Waals surface area (Å²) >= 11 is 0. The second-order valence-electron chi connectivity index (χ2n) is 6.73. The quantitative estimate of drug-likeness (QED) is 0.776. The van der Waals surface area contributed by atoms with Crippen molar-refractivity contribution in [2.45, 2.75) is 44.4 Å². The highest BCUT2D eigenvalue weighted by Crippen LogP contribution is 2.24. The molecule has 1 aromatic heterocycles. The third-order valence-electron chi connectivity index (χ3n) is 4.88. The number of rotatable bonds is 5. The number of ether oxygens (including phenoxy) is 1. The Bertz CT molecular complexity index is 687. The van der Waals surface area contributed by atoms with Crippen LogP contribution in [0.25, 0.3) is 0 Å². The van der Waals surface area contributed by atoms with E-state index in [4.69, 9.17) is 4.74 Å². The standard InChI is InChI=1S/C17H25N3O4S/c1-25(22,23)20-9-3-5-16(20)17(21)19-10-6-15(7-11-19)24-13-14-4-2-8-18-12-14/h2,4,8,12,15-16H,3,5-7,9-11,13H2,1H3/t16-/m0/s1. The van der Waals surface area contributed by atoms with Gasteiger partial charge in [0.25, 0.3) is 0 Å². The lowest BCUT2D eigenvalue weighted by Crippen LogP contribution is -2.50. The fourth-order valence-corrected chi connectivity index (χ4v) is 4.65. The number of carbonyl (C=O) groups is 1. The van der Waals surface area contributed by atoms with Crippen LogP contribution in [0.5, 0.6) is 0 Å². The van der Waals surface area contributed by atoms with Gasteiger partial charge >= 0.3 is 0 Å². The Hall–Kier alpha value is -1.51. The lowest BCUT2D eigenvalue weighted by Gasteiger charge is -2.35. The maximum atomic E-state index is 12.7. The first-order valence-electron chi connectivity index (χ1n) is 8.71. The topological polar surface area (TPSA) is 79.8 Å². The lowest BCUT2D eigenvalue weighted by molar-refractivity contribution is -0.137. The molecule has 1 amide bonds. The molecule has 2 aliphatic rings. The first-order valence-corrected chi connectivity index (χ1v) is 10.6. The molecule has 0 spiro atoms. The smallest absolute Gasteiger partial charge is 0.241 e. The third-order valence-corrected chi connectivity index (χ3v) is 6.17. The number of carbonyl (C=O) groups excluding carboxylic acids is 1. The van der Waals surface area contributed by atoms with E-state index in [-0.39, 0.29) is 12.0 Å². The molecule has 0 bridgehead atoms. The molecule has 3 rings (SSSR count). The van der Waals surface area contributed by atoms with Gasteiger partial charge in [-0.1, -0.05) is 6.07 Å². The molecule has 0 saturated carbocycles. The van der Waals surface area contributed by atoms with Crippen molar-refractivity contribution in [2.75, 3.05) is 25.9 Å². The summed E-state index contributed by atoms with van der Waals surface area (Å²) in [6.07, 6.45) is 7.73. The molecule has 0 aromatic carbocycles. The minimum Gasteiger partial charge on any atom is -0.373 e. The van der Waals surface area contributed by atoms with Crippen LogP contribution in [-0.2, 0) is 26.2 Å². The summed E-state index contributed by atoms with van der Waals surface area (Å²) in [6.45, 7) is 2.20. The van der Waals surface area contributed by atoms with Crippen LogP contribution in [0.1, 0.15) is 31.2 Å². The zero-order valence-corrected chi connectivity index (χ0v) is 15.3. The van der Waals surface area contributed by atoms with Gasteiger partial charge in [-0.25, -0.2) is 8.42 Å². The van der Waals surface area contributed by atoms with E-state index < -0.39 is 16.1 Å². The molecule has 2 saturated heterocycles. The Morgan fingerprint density at radius 1 is 1.28 bits per heavy atom. The van der Waals surface area contributed by atoms with Crippen molar-refractivity contribution >= 4 is 15.9 Å². The SMILES string of the molecule is CS(=O)(=O)N1CCC[C@H]1C(=O)N1CCC(OCc2cccnc2)CC1. The number of nitrogens with zero attached hydrogens (tertiary/aromatic N) is 3. The van der Waals surface area contributed by atoms with E-state index >= 15 is 0 Å². The summed E-state index contributed by atoms with van der Waals surface area (Å²) in [5.41, 5.74) is 1.04. The highest BCUT2D eigenvalue weighted by atomic mass is 32.2. The van der Waals surface area contributed by atoms with E-state index in [0.717, 1.165) is 24.8 Å². The molecule has 0 aliphatic carbocycles. The number of sulfonamides is 1. The second-order valence-corrected chi connectivity index (χ2v) is 8.66. The van der Waals surface area contributed by atoms with Crippen molar-refractivity contribution < 1.29 is 17.9 Å². The Balaban J connectivity index is 1.49. The van der Waals surface area contributed by atoms with Gasteiger partial charge in [-0.05, 0) is 37.3 Å². The molecular formula is C17H25N3O4S. The van der Waals surface area contributed by atoms with Crippen LogP contribution >= 0.6 is 0 Å². The zero-order valence-electron chi connectivity index (χ0n) is 14.5. The van der Waals surface area contributed by atoms with Gasteiger partial charge in [0.1, 0.15) is 6.04 Å². The monoisotopic (exact) mass is 367 g/mol. The van der Waals surface area contributed by atoms with Crippen LogP contribution in [0.4, 0.5) is 0 Å². The highest BCUT2D eigenvalue weighted by Gasteiger charge is 2.39. The number of amides is 1. The molecule has 138 valence electrons. The number of pyridine rings is 1. The maximum absolute atomic E-state index is 12.7. The molecule has 2 aliphatic heterocycles. The predicted molar refractivity (Wildman–Crippen MR) is 93.2 cm³/mol. The van der Waals surface area contributed by atoms with E-state index in [1.807, 2.05) is 12.1 Å². The zero-order chi connectivity index (χ0) is 17.9. The number of piperidine rings is 1. The van der Waals surface area contributed by atoms with Crippen molar-refractivity contribution in [3.63, 3.8) is 0 Å². The summed E-state index contributed by atoms with van der Waals surface area (Å²) in [6, 6.07) is 3.34. The van der Waals surface area contributed by atoms with Gasteiger partial charge < -0.3 is 9.64 Å². The fourth-order valence-electron chi connectivity index (χ4n) is 3.54. The maximum Gasteiger partial charge on any atom is 0.241 e. The minimum absolute atomic E-state index is 0.0614. The van der Waals surface area contributed by atoms with Crippen LogP contribution in [0.15, 0.2) is 24.5 Å². The number of hydrogen-bond donors (Lipinski definition) is 0. The van der Waals surface area contributed by atoms with Gasteiger partial charge in [0.05, 0.1) is 19.0 Å². The van der Waals surface area contributed by atoms with Gasteiger partial charge in [-0.15, -0.1) is 0 Å². The normalized spacial score (nSPS) is 23.1. The van der Waals surface area contributed by atoms with Gasteiger partial charge in [-0.3, -0.25) is 9.78 Å². The van der Waals surface area contributed by atoms with Crippen molar-refractivity contribution in [3.05, 3.63) is 30.1 Å². The van der Waals surface area contributed by atoms with Gasteiger partial charge in [0.2, 0.25) is 15.9 Å². The van der Waals surface area contributed by atoms with Crippen LogP contribution < -0.4 is 0 Å². The number of likely N-dealkylation sites (tertiary alicyclic amines) is 1. The molecule has 7 nitrogen and oxygen atoms in total. The molecule has 0 unspecified atom stereocenters. The average molecular weight is 367 g/mol. The minimum atomic E-state index is -3.33. The first kappa shape index (κ1) is 18.3. The average Bonchev–Trinajstić information content (AvgIpc) is 3.11. The molecule has 3 heterocycles. The highest BCUT2D eigenvalue weighted by molar-refractivity contribution is 7.88. The van der Waals surface area contributed by atoms with E-state index in [0.29, 0.717) is 32.7 Å². The Morgan fingerprint density at radius 2 is 2.04 bits per heavy atom. The fraction of sp³-hybridized carbons (Fsp3) is 0.647. The Morgan fingerprint density at radius 3 is 2.68 bits per heavy atom. The summed E-state index contributed by atoms with van der Waals surface area (Å²) < 4.78 is 30.9. The third kappa shape index (κ3) is 4.56. The molecule has 1 atom stereocenters. The summed E-state index contributed by atoms with van der Waals surface area (Å²) in [5.74, 6) is -0.0614. The molecular weight excluding hydrogens is 342 g/mol. The molecule has 1 aromatic rings. The van der Waals surface area contributed by atoms with Gasteiger partial charge in [0, 0.05) is 32.0 Å². The Kier molecular flexibility index (Phi) is 5.71. The van der Waals surface area contributed by atoms with Crippen LogP contribution in [-0.4, -0.2) is 66.5 Å². The van der Waals surface area contributed by atoms with E-state index in [9.17, 15) is 13.2 Å². The predicted octanol–water partition coefficient (Wildman–Crippen LogP) is 1.01. The molecule has 0 radical (unpaired) electrons. The van der Waals surface area contributed by atoms with Crippen molar-refractivity contribution in [1.29, 1.82) is 0 Å². The van der Waals surface area contributed by atoms with E-state index in [2.05, 4.69) is 4.98 Å². The molecule has 25 heavy (non-hydrogen) atoms. The van der Waals surface area contributed by atoms with Crippen molar-refractivity contribution in [1.82, 2.24) is 14.2 Å². The van der Waals surface area contributed by atoms with Crippen LogP contribution in [0.3, 0.4) is 0 Å². The lowest BCUT2D eigenvalue weighted by atomic mass is 10.1. The summed E-state index contributed by atoms with van der Waals surface area (Å²) in [5, 5.41) is 0. The largest absolute Gasteiger partial charge is 0.373 e. The van der Waals surface area contributed by atoms with Crippen molar-refractivity contribution in [2.24, 2.45) is 0 Å². The van der Waals surface area contributed by atoms with Gasteiger partial charge in [0.15, 0.2) is 0 Å². The van der Waals surface area contributed by atoms with Crippen LogP contribution in [0.2, 0.25) is 0 Å². The summed E-state index contributed by atoms with van der Waals surface area (Å²) in [7, 11) is -3.33. The van der Waals surface area contributed by atoms with Crippen LogP contribution in [0, 0.1) is 0 Å². The summed E-state index contributed by atoms with van der Waals surface area (Å²) in [4.78, 5) is 18.6. The molecule has 8 heteroatoms. The van der Waals surface area contributed by atoms with E-state index in [1.165, 1.54) is 10.6 Å². The van der Waals surface area contributed by atoms with E-state index in [1.54, 1.807) is 17.3 Å². The second kappa shape index (κ2) is 7.80. The van der Waals surface area contributed by atoms with Crippen molar-refractivity contribution in [3.8, 4) is 0 Å². The first-order chi connectivity index (χ1) is 11.9. The number of hydrogen-bond acceptors (Lipinski definition) is 5. The number of aromatic nitrogens is 1. The molecule has 0 N–H and O–H groups in total. The Labute approximate surface area is 149 Å².